The van der Waals surface area contributed by atoms with Gasteiger partial charge >= 0.3 is 0 Å². The quantitative estimate of drug-likeness (QED) is 0.581. The van der Waals surface area contributed by atoms with Crippen molar-refractivity contribution in [3.8, 4) is 22.4 Å². The molecule has 146 valence electrons. The average Bonchev–Trinajstić information content (AvgIpc) is 3.36. The number of halogens is 1. The molecule has 0 amide bonds. The van der Waals surface area contributed by atoms with Crippen LogP contribution in [0.4, 0.5) is 4.39 Å². The summed E-state index contributed by atoms with van der Waals surface area (Å²) < 4.78 is 15.6. The standard InChI is InChI=1S/C22H21FN6/c1-28-10-11-29-19(14-28)21(22(27-29)15-2-4-17(23)5-3-15)16-6-7-24-18(12-16)13-20-25-8-9-26-20/h2-9,12H,10-11,13-14H2,1H3,(H,25,26). The zero-order valence-corrected chi connectivity index (χ0v) is 16.1. The van der Waals surface area contributed by atoms with Gasteiger partial charge in [-0.25, -0.2) is 9.37 Å². The van der Waals surface area contributed by atoms with Crippen LogP contribution in [-0.4, -0.2) is 43.2 Å². The molecule has 0 aliphatic carbocycles. The third-order valence-corrected chi connectivity index (χ3v) is 5.30. The van der Waals surface area contributed by atoms with E-state index >= 15 is 0 Å². The first-order valence-electron chi connectivity index (χ1n) is 9.65. The van der Waals surface area contributed by atoms with E-state index in [0.717, 1.165) is 53.5 Å². The van der Waals surface area contributed by atoms with Crippen LogP contribution in [0.15, 0.2) is 55.0 Å². The first-order chi connectivity index (χ1) is 14.2. The number of benzene rings is 1. The molecule has 1 N–H and O–H groups in total. The molecule has 1 aromatic carbocycles. The van der Waals surface area contributed by atoms with Gasteiger partial charge < -0.3 is 4.98 Å². The van der Waals surface area contributed by atoms with Crippen LogP contribution < -0.4 is 0 Å². The molecule has 7 heteroatoms. The summed E-state index contributed by atoms with van der Waals surface area (Å²) in [6.07, 6.45) is 6.03. The number of H-pyrrole nitrogens is 1. The van der Waals surface area contributed by atoms with Crippen molar-refractivity contribution < 1.29 is 4.39 Å². The van der Waals surface area contributed by atoms with Gasteiger partial charge in [0.05, 0.1) is 12.2 Å². The van der Waals surface area contributed by atoms with Crippen LogP contribution in [-0.2, 0) is 19.5 Å². The van der Waals surface area contributed by atoms with Crippen LogP contribution in [0, 0.1) is 5.82 Å². The number of pyridine rings is 1. The Balaban J connectivity index is 1.63. The van der Waals surface area contributed by atoms with Crippen molar-refractivity contribution in [2.75, 3.05) is 13.6 Å². The summed E-state index contributed by atoms with van der Waals surface area (Å²) in [6, 6.07) is 10.7. The summed E-state index contributed by atoms with van der Waals surface area (Å²) in [6.45, 7) is 2.61. The van der Waals surface area contributed by atoms with E-state index in [-0.39, 0.29) is 5.82 Å². The largest absolute Gasteiger partial charge is 0.348 e. The SMILES string of the molecule is CN1CCn2nc(-c3ccc(F)cc3)c(-c3ccnc(Cc4ncc[nH]4)c3)c2C1. The van der Waals surface area contributed by atoms with Crippen molar-refractivity contribution in [2.45, 2.75) is 19.5 Å². The molecule has 4 heterocycles. The summed E-state index contributed by atoms with van der Waals surface area (Å²) in [4.78, 5) is 14.2. The van der Waals surface area contributed by atoms with E-state index in [2.05, 4.69) is 37.6 Å². The molecular weight excluding hydrogens is 367 g/mol. The molecule has 0 radical (unpaired) electrons. The molecule has 0 unspecified atom stereocenters. The van der Waals surface area contributed by atoms with Gasteiger partial charge in [0.25, 0.3) is 0 Å². The molecule has 29 heavy (non-hydrogen) atoms. The van der Waals surface area contributed by atoms with Crippen molar-refractivity contribution in [2.24, 2.45) is 0 Å². The molecule has 5 rings (SSSR count). The number of imidazole rings is 1. The Labute approximate surface area is 168 Å². The number of nitrogens with one attached hydrogen (secondary N) is 1. The van der Waals surface area contributed by atoms with Crippen molar-refractivity contribution in [1.82, 2.24) is 29.6 Å². The average molecular weight is 388 g/mol. The van der Waals surface area contributed by atoms with Gasteiger partial charge in [0, 0.05) is 54.9 Å². The lowest BCUT2D eigenvalue weighted by Crippen LogP contribution is -2.30. The Bertz CT molecular complexity index is 1130. The van der Waals surface area contributed by atoms with Crippen LogP contribution >= 0.6 is 0 Å². The maximum absolute atomic E-state index is 13.5. The molecule has 0 saturated heterocycles. The Kier molecular flexibility index (Phi) is 4.44. The predicted octanol–water partition coefficient (Wildman–Crippen LogP) is 3.51. The molecule has 0 fully saturated rings. The Morgan fingerprint density at radius 3 is 2.69 bits per heavy atom. The topological polar surface area (TPSA) is 62.6 Å². The smallest absolute Gasteiger partial charge is 0.123 e. The van der Waals surface area contributed by atoms with E-state index in [4.69, 9.17) is 5.10 Å². The third kappa shape index (κ3) is 3.45. The highest BCUT2D eigenvalue weighted by molar-refractivity contribution is 5.83. The predicted molar refractivity (Wildman–Crippen MR) is 109 cm³/mol. The highest BCUT2D eigenvalue weighted by Gasteiger charge is 2.24. The van der Waals surface area contributed by atoms with E-state index in [1.807, 2.05) is 18.5 Å². The monoisotopic (exact) mass is 388 g/mol. The number of nitrogens with zero attached hydrogens (tertiary/aromatic N) is 5. The van der Waals surface area contributed by atoms with Gasteiger partial charge in [-0.1, -0.05) is 0 Å². The first kappa shape index (κ1) is 17.8. The third-order valence-electron chi connectivity index (χ3n) is 5.30. The van der Waals surface area contributed by atoms with E-state index in [1.54, 1.807) is 18.3 Å². The highest BCUT2D eigenvalue weighted by atomic mass is 19.1. The number of hydrogen-bond donors (Lipinski definition) is 1. The van der Waals surface area contributed by atoms with E-state index in [9.17, 15) is 4.39 Å². The Morgan fingerprint density at radius 1 is 1.03 bits per heavy atom. The molecule has 0 bridgehead atoms. The lowest BCUT2D eigenvalue weighted by atomic mass is 9.98. The molecule has 1 aliphatic heterocycles. The molecule has 0 atom stereocenters. The summed E-state index contributed by atoms with van der Waals surface area (Å²) in [5, 5.41) is 4.90. The number of fused-ring (bicyclic) bond motifs is 1. The maximum atomic E-state index is 13.5. The molecule has 0 saturated carbocycles. The fourth-order valence-electron chi connectivity index (χ4n) is 3.85. The number of rotatable bonds is 4. The van der Waals surface area contributed by atoms with Crippen LogP contribution in [0.1, 0.15) is 17.2 Å². The van der Waals surface area contributed by atoms with Gasteiger partial charge in [0.2, 0.25) is 0 Å². The zero-order valence-electron chi connectivity index (χ0n) is 16.1. The summed E-state index contributed by atoms with van der Waals surface area (Å²) >= 11 is 0. The van der Waals surface area contributed by atoms with Gasteiger partial charge in [0.15, 0.2) is 0 Å². The lowest BCUT2D eigenvalue weighted by Gasteiger charge is -2.24. The van der Waals surface area contributed by atoms with E-state index < -0.39 is 0 Å². The van der Waals surface area contributed by atoms with Crippen LogP contribution in [0.2, 0.25) is 0 Å². The molecule has 6 nitrogen and oxygen atoms in total. The van der Waals surface area contributed by atoms with Crippen molar-refractivity contribution in [3.63, 3.8) is 0 Å². The van der Waals surface area contributed by atoms with E-state index in [0.29, 0.717) is 6.42 Å². The second-order valence-corrected chi connectivity index (χ2v) is 7.39. The fourth-order valence-corrected chi connectivity index (χ4v) is 3.85. The second kappa shape index (κ2) is 7.25. The minimum absolute atomic E-state index is 0.247. The lowest BCUT2D eigenvalue weighted by molar-refractivity contribution is 0.259. The number of aromatic nitrogens is 5. The molecule has 0 spiro atoms. The van der Waals surface area contributed by atoms with Gasteiger partial charge in [-0.2, -0.15) is 5.10 Å². The van der Waals surface area contributed by atoms with Crippen molar-refractivity contribution in [1.29, 1.82) is 0 Å². The van der Waals surface area contributed by atoms with Crippen LogP contribution in [0.3, 0.4) is 0 Å². The van der Waals surface area contributed by atoms with E-state index in [1.165, 1.54) is 17.8 Å². The molecule has 4 aromatic rings. The minimum Gasteiger partial charge on any atom is -0.348 e. The summed E-state index contributed by atoms with van der Waals surface area (Å²) in [5.41, 5.74) is 6.06. The number of aromatic amines is 1. The normalized spacial score (nSPS) is 14.1. The van der Waals surface area contributed by atoms with Gasteiger partial charge in [-0.05, 0) is 49.0 Å². The zero-order chi connectivity index (χ0) is 19.8. The second-order valence-electron chi connectivity index (χ2n) is 7.39. The summed E-state index contributed by atoms with van der Waals surface area (Å²) in [7, 11) is 2.12. The van der Waals surface area contributed by atoms with Gasteiger partial charge in [0.1, 0.15) is 17.3 Å². The maximum Gasteiger partial charge on any atom is 0.123 e. The highest BCUT2D eigenvalue weighted by Crippen LogP contribution is 2.36. The van der Waals surface area contributed by atoms with Gasteiger partial charge in [-0.3, -0.25) is 14.6 Å². The number of likely N-dealkylation sites (N-methyl/N-ethyl adjacent to an activating group) is 1. The molecule has 1 aliphatic rings. The van der Waals surface area contributed by atoms with Crippen molar-refractivity contribution in [3.05, 3.63) is 78.0 Å². The Morgan fingerprint density at radius 2 is 1.90 bits per heavy atom. The van der Waals surface area contributed by atoms with Crippen molar-refractivity contribution >= 4 is 0 Å². The molecular formula is C22H21FN6. The first-order valence-corrected chi connectivity index (χ1v) is 9.65. The minimum atomic E-state index is -0.247. The van der Waals surface area contributed by atoms with Crippen LogP contribution in [0.25, 0.3) is 22.4 Å². The number of hydrogen-bond acceptors (Lipinski definition) is 4. The summed E-state index contributed by atoms with van der Waals surface area (Å²) in [5.74, 6) is 0.633. The van der Waals surface area contributed by atoms with Gasteiger partial charge in [-0.15, -0.1) is 0 Å². The Hall–Kier alpha value is -3.32. The molecule has 3 aromatic heterocycles. The fraction of sp³-hybridized carbons (Fsp3) is 0.227. The van der Waals surface area contributed by atoms with Crippen LogP contribution in [0.5, 0.6) is 0 Å².